The molecule has 2 aromatic carbocycles. The fraction of sp³-hybridized carbons (Fsp3) is 0.240. The van der Waals surface area contributed by atoms with Gasteiger partial charge in [-0.2, -0.15) is 0 Å². The predicted molar refractivity (Wildman–Crippen MR) is 127 cm³/mol. The molecule has 0 saturated carbocycles. The number of nitrogens with one attached hydrogen (secondary N) is 1. The number of furan rings is 1. The van der Waals surface area contributed by atoms with Gasteiger partial charge in [-0.1, -0.05) is 0 Å². The van der Waals surface area contributed by atoms with E-state index in [9.17, 15) is 19.3 Å². The van der Waals surface area contributed by atoms with Crippen LogP contribution in [0.5, 0.6) is 0 Å². The van der Waals surface area contributed by atoms with Crippen LogP contribution in [0.3, 0.4) is 0 Å². The van der Waals surface area contributed by atoms with Crippen LogP contribution in [-0.2, 0) is 4.79 Å². The van der Waals surface area contributed by atoms with Crippen LogP contribution in [-0.4, -0.2) is 48.5 Å². The fourth-order valence-corrected chi connectivity index (χ4v) is 3.97. The molecule has 0 aliphatic carbocycles. The fourth-order valence-electron chi connectivity index (χ4n) is 3.97. The second-order valence-corrected chi connectivity index (χ2v) is 7.96. The van der Waals surface area contributed by atoms with Crippen LogP contribution in [0.2, 0.25) is 0 Å². The lowest BCUT2D eigenvalue weighted by Gasteiger charge is -2.39. The molecule has 1 N–H and O–H groups in total. The van der Waals surface area contributed by atoms with Crippen LogP contribution in [0.15, 0.2) is 77.4 Å². The van der Waals surface area contributed by atoms with Crippen LogP contribution in [0, 0.1) is 15.9 Å². The third kappa shape index (κ3) is 5.87. The Hall–Kier alpha value is -3.98. The monoisotopic (exact) mass is 464 g/mol. The van der Waals surface area contributed by atoms with Crippen molar-refractivity contribution in [3.63, 3.8) is 0 Å². The molecule has 1 atom stereocenters. The van der Waals surface area contributed by atoms with Crippen LogP contribution < -0.4 is 10.2 Å². The average molecular weight is 464 g/mol. The van der Waals surface area contributed by atoms with Gasteiger partial charge in [-0.3, -0.25) is 19.8 Å². The molecule has 9 heteroatoms. The number of hydrogen-bond donors (Lipinski definition) is 1. The van der Waals surface area contributed by atoms with E-state index in [2.05, 4.69) is 15.1 Å². The van der Waals surface area contributed by atoms with Crippen LogP contribution in [0.1, 0.15) is 17.4 Å². The number of hydrogen-bond acceptors (Lipinski definition) is 6. The standard InChI is InChI=1S/C25H25FN4O4/c26-20-6-10-21(11-7-20)28-13-15-29(16-14-28)23(24-2-1-17-34-24)18-27-25(31)12-5-19-3-8-22(9-4-19)30(32)33/h1-12,17,23H,13-16,18H2,(H,27,31)/b12-5+. The lowest BCUT2D eigenvalue weighted by Crippen LogP contribution is -2.49. The van der Waals surface area contributed by atoms with Crippen LogP contribution in [0.4, 0.5) is 15.8 Å². The molecule has 0 spiro atoms. The van der Waals surface area contributed by atoms with Crippen molar-refractivity contribution in [2.45, 2.75) is 6.04 Å². The molecule has 1 saturated heterocycles. The summed E-state index contributed by atoms with van der Waals surface area (Å²) < 4.78 is 18.9. The lowest BCUT2D eigenvalue weighted by atomic mass is 10.1. The molecule has 1 amide bonds. The van der Waals surface area contributed by atoms with E-state index in [1.165, 1.54) is 30.3 Å². The van der Waals surface area contributed by atoms with Gasteiger partial charge in [0.1, 0.15) is 11.6 Å². The third-order valence-corrected chi connectivity index (χ3v) is 5.82. The SMILES string of the molecule is O=C(/C=C/c1ccc([N+](=O)[O-])cc1)NCC(c1ccco1)N1CCN(c2ccc(F)cc2)CC1. The summed E-state index contributed by atoms with van der Waals surface area (Å²) in [6.45, 7) is 3.44. The average Bonchev–Trinajstić information content (AvgIpc) is 3.39. The zero-order valence-electron chi connectivity index (χ0n) is 18.5. The van der Waals surface area contributed by atoms with Crippen molar-refractivity contribution in [1.29, 1.82) is 0 Å². The minimum atomic E-state index is -0.464. The molecule has 34 heavy (non-hydrogen) atoms. The molecule has 4 rings (SSSR count). The Labute approximate surface area is 196 Å². The van der Waals surface area contributed by atoms with Crippen molar-refractivity contribution < 1.29 is 18.5 Å². The smallest absolute Gasteiger partial charge is 0.269 e. The van der Waals surface area contributed by atoms with Crippen molar-refractivity contribution in [2.75, 3.05) is 37.6 Å². The van der Waals surface area contributed by atoms with E-state index in [4.69, 9.17) is 4.42 Å². The Balaban J connectivity index is 1.34. The van der Waals surface area contributed by atoms with Gasteiger partial charge in [0.15, 0.2) is 0 Å². The first-order valence-corrected chi connectivity index (χ1v) is 11.0. The van der Waals surface area contributed by atoms with E-state index in [1.54, 1.807) is 36.6 Å². The second-order valence-electron chi connectivity index (χ2n) is 7.96. The maximum absolute atomic E-state index is 13.2. The summed E-state index contributed by atoms with van der Waals surface area (Å²) in [4.78, 5) is 27.2. The maximum atomic E-state index is 13.2. The third-order valence-electron chi connectivity index (χ3n) is 5.82. The van der Waals surface area contributed by atoms with Crippen molar-refractivity contribution >= 4 is 23.4 Å². The summed E-state index contributed by atoms with van der Waals surface area (Å²) in [5.74, 6) is 0.258. The number of non-ortho nitro benzene ring substituents is 1. The Morgan fingerprint density at radius 3 is 2.41 bits per heavy atom. The molecule has 0 bridgehead atoms. The number of amides is 1. The molecular formula is C25H25FN4O4. The molecule has 1 fully saturated rings. The number of piperazine rings is 1. The van der Waals surface area contributed by atoms with E-state index < -0.39 is 4.92 Å². The number of nitro benzene ring substituents is 1. The highest BCUT2D eigenvalue weighted by Gasteiger charge is 2.27. The number of rotatable bonds is 8. The quantitative estimate of drug-likeness (QED) is 0.308. The molecule has 1 aromatic heterocycles. The van der Waals surface area contributed by atoms with Crippen molar-refractivity contribution in [3.8, 4) is 0 Å². The van der Waals surface area contributed by atoms with E-state index in [0.29, 0.717) is 12.1 Å². The minimum absolute atomic E-state index is 0.00224. The van der Waals surface area contributed by atoms with E-state index in [-0.39, 0.29) is 23.5 Å². The van der Waals surface area contributed by atoms with Crippen molar-refractivity contribution in [1.82, 2.24) is 10.2 Å². The highest BCUT2D eigenvalue weighted by atomic mass is 19.1. The number of nitro groups is 1. The summed E-state index contributed by atoms with van der Waals surface area (Å²) in [5.41, 5.74) is 1.68. The molecule has 3 aromatic rings. The van der Waals surface area contributed by atoms with Gasteiger partial charge >= 0.3 is 0 Å². The summed E-state index contributed by atoms with van der Waals surface area (Å²) in [5, 5.41) is 13.7. The molecule has 1 aliphatic heterocycles. The number of anilines is 1. The van der Waals surface area contributed by atoms with Gasteiger partial charge < -0.3 is 14.6 Å². The molecule has 2 heterocycles. The summed E-state index contributed by atoms with van der Waals surface area (Å²) >= 11 is 0. The van der Waals surface area contributed by atoms with Crippen LogP contribution in [0.25, 0.3) is 6.08 Å². The maximum Gasteiger partial charge on any atom is 0.269 e. The van der Waals surface area contributed by atoms with Crippen molar-refractivity contribution in [3.05, 3.63) is 100 Å². The largest absolute Gasteiger partial charge is 0.468 e. The Bertz CT molecular complexity index is 1120. The van der Waals surface area contributed by atoms with Crippen LogP contribution >= 0.6 is 0 Å². The van der Waals surface area contributed by atoms with Gasteiger partial charge in [0, 0.05) is 56.6 Å². The zero-order valence-corrected chi connectivity index (χ0v) is 18.5. The van der Waals surface area contributed by atoms with Gasteiger partial charge in [-0.15, -0.1) is 0 Å². The summed E-state index contributed by atoms with van der Waals surface area (Å²) in [7, 11) is 0. The van der Waals surface area contributed by atoms with Gasteiger partial charge in [0.2, 0.25) is 5.91 Å². The first kappa shape index (κ1) is 23.2. The second kappa shape index (κ2) is 10.8. The van der Waals surface area contributed by atoms with E-state index in [0.717, 1.165) is 37.6 Å². The highest BCUT2D eigenvalue weighted by molar-refractivity contribution is 5.91. The molecule has 1 unspecified atom stereocenters. The predicted octanol–water partition coefficient (Wildman–Crippen LogP) is 4.02. The minimum Gasteiger partial charge on any atom is -0.468 e. The van der Waals surface area contributed by atoms with Gasteiger partial charge in [0.05, 0.1) is 17.2 Å². The highest BCUT2D eigenvalue weighted by Crippen LogP contribution is 2.24. The number of benzene rings is 2. The van der Waals surface area contributed by atoms with Gasteiger partial charge in [0.25, 0.3) is 5.69 Å². The molecule has 8 nitrogen and oxygen atoms in total. The molecule has 0 radical (unpaired) electrons. The summed E-state index contributed by atoms with van der Waals surface area (Å²) in [6, 6.07) is 16.1. The lowest BCUT2D eigenvalue weighted by molar-refractivity contribution is -0.384. The Morgan fingerprint density at radius 1 is 1.09 bits per heavy atom. The zero-order chi connectivity index (χ0) is 23.9. The first-order chi connectivity index (χ1) is 16.5. The van der Waals surface area contributed by atoms with E-state index in [1.807, 2.05) is 12.1 Å². The number of nitrogens with zero attached hydrogens (tertiary/aromatic N) is 3. The van der Waals surface area contributed by atoms with Gasteiger partial charge in [-0.05, 0) is 60.2 Å². The number of carbonyl (C=O) groups is 1. The van der Waals surface area contributed by atoms with Gasteiger partial charge in [-0.25, -0.2) is 4.39 Å². The van der Waals surface area contributed by atoms with Crippen molar-refractivity contribution in [2.24, 2.45) is 0 Å². The normalized spacial score (nSPS) is 15.4. The summed E-state index contributed by atoms with van der Waals surface area (Å²) in [6.07, 6.45) is 4.64. The number of halogens is 1. The number of carbonyl (C=O) groups excluding carboxylic acids is 1. The Morgan fingerprint density at radius 2 is 1.79 bits per heavy atom. The molecule has 176 valence electrons. The first-order valence-electron chi connectivity index (χ1n) is 11.0. The Kier molecular flexibility index (Phi) is 7.34. The van der Waals surface area contributed by atoms with E-state index >= 15 is 0 Å². The molecular weight excluding hydrogens is 439 g/mol. The molecule has 1 aliphatic rings. The topological polar surface area (TPSA) is 91.9 Å².